The van der Waals surface area contributed by atoms with Crippen molar-refractivity contribution in [1.82, 2.24) is 4.31 Å². The molecule has 2 rings (SSSR count). The lowest BCUT2D eigenvalue weighted by molar-refractivity contribution is 0.0697. The molecule has 0 aromatic heterocycles. The van der Waals surface area contributed by atoms with E-state index < -0.39 is 16.0 Å². The molecule has 1 aromatic rings. The maximum absolute atomic E-state index is 12.4. The number of carboxylic acid groups (broad SMARTS) is 1. The first-order chi connectivity index (χ1) is 9.32. The fourth-order valence-corrected chi connectivity index (χ4v) is 3.69. The second-order valence-electron chi connectivity index (χ2n) is 4.60. The van der Waals surface area contributed by atoms with Crippen LogP contribution in [0, 0.1) is 0 Å². The molecule has 7 heteroatoms. The van der Waals surface area contributed by atoms with Gasteiger partial charge in [0.2, 0.25) is 10.0 Å². The molecule has 0 amide bonds. The topological polar surface area (TPSA) is 74.7 Å². The Hall–Kier alpha value is -1.37. The molecular formula is C13H14ClNO4S. The molecule has 0 bridgehead atoms. The summed E-state index contributed by atoms with van der Waals surface area (Å²) in [5.74, 6) is -1.25. The van der Waals surface area contributed by atoms with Crippen molar-refractivity contribution in [3.63, 3.8) is 0 Å². The molecule has 0 aliphatic carbocycles. The highest BCUT2D eigenvalue weighted by molar-refractivity contribution is 7.89. The number of aromatic carboxylic acids is 1. The van der Waals surface area contributed by atoms with Crippen LogP contribution in [0.15, 0.2) is 35.2 Å². The van der Waals surface area contributed by atoms with Gasteiger partial charge in [-0.25, -0.2) is 13.2 Å². The van der Waals surface area contributed by atoms with Crippen molar-refractivity contribution < 1.29 is 18.3 Å². The van der Waals surface area contributed by atoms with E-state index >= 15 is 0 Å². The Morgan fingerprint density at radius 3 is 2.45 bits per heavy atom. The van der Waals surface area contributed by atoms with E-state index in [2.05, 4.69) is 6.58 Å². The second kappa shape index (κ2) is 5.55. The van der Waals surface area contributed by atoms with Crippen molar-refractivity contribution in [3.05, 3.63) is 40.9 Å². The summed E-state index contributed by atoms with van der Waals surface area (Å²) in [4.78, 5) is 11.0. The Morgan fingerprint density at radius 1 is 1.30 bits per heavy atom. The number of halogens is 1. The van der Waals surface area contributed by atoms with Crippen LogP contribution in [-0.4, -0.2) is 36.9 Å². The van der Waals surface area contributed by atoms with E-state index in [4.69, 9.17) is 16.7 Å². The summed E-state index contributed by atoms with van der Waals surface area (Å²) < 4.78 is 26.2. The van der Waals surface area contributed by atoms with Crippen molar-refractivity contribution in [3.8, 4) is 0 Å². The van der Waals surface area contributed by atoms with Gasteiger partial charge in [0.25, 0.3) is 0 Å². The summed E-state index contributed by atoms with van der Waals surface area (Å²) in [7, 11) is -3.69. The van der Waals surface area contributed by atoms with Gasteiger partial charge in [-0.1, -0.05) is 23.8 Å². The number of carboxylic acids is 1. The minimum absolute atomic E-state index is 0.0171. The third kappa shape index (κ3) is 2.87. The molecule has 0 saturated carbocycles. The Morgan fingerprint density at radius 2 is 1.90 bits per heavy atom. The summed E-state index contributed by atoms with van der Waals surface area (Å²) in [6.07, 6.45) is 1.25. The molecule has 1 aliphatic rings. The van der Waals surface area contributed by atoms with Crippen LogP contribution in [-0.2, 0) is 10.0 Å². The maximum atomic E-state index is 12.4. The van der Waals surface area contributed by atoms with Gasteiger partial charge in [0.05, 0.1) is 15.5 Å². The second-order valence-corrected chi connectivity index (χ2v) is 6.95. The number of sulfonamides is 1. The molecule has 20 heavy (non-hydrogen) atoms. The van der Waals surface area contributed by atoms with E-state index in [-0.39, 0.29) is 15.5 Å². The number of rotatable bonds is 3. The molecule has 1 saturated heterocycles. The monoisotopic (exact) mass is 315 g/mol. The molecule has 1 N–H and O–H groups in total. The largest absolute Gasteiger partial charge is 0.478 e. The van der Waals surface area contributed by atoms with E-state index in [1.54, 1.807) is 0 Å². The molecule has 0 atom stereocenters. The lowest BCUT2D eigenvalue weighted by Crippen LogP contribution is -2.36. The van der Waals surface area contributed by atoms with E-state index in [1.807, 2.05) is 0 Å². The lowest BCUT2D eigenvalue weighted by atomic mass is 10.1. The van der Waals surface area contributed by atoms with Gasteiger partial charge in [0.1, 0.15) is 0 Å². The normalized spacial score (nSPS) is 17.1. The maximum Gasteiger partial charge on any atom is 0.337 e. The molecule has 108 valence electrons. The highest BCUT2D eigenvalue weighted by Crippen LogP contribution is 2.25. The van der Waals surface area contributed by atoms with Crippen LogP contribution in [0.1, 0.15) is 23.2 Å². The molecular weight excluding hydrogens is 302 g/mol. The van der Waals surface area contributed by atoms with Gasteiger partial charge in [-0.3, -0.25) is 0 Å². The molecule has 0 unspecified atom stereocenters. The number of hydrogen-bond donors (Lipinski definition) is 1. The molecule has 0 radical (unpaired) electrons. The highest BCUT2D eigenvalue weighted by atomic mass is 35.5. The van der Waals surface area contributed by atoms with Crippen LogP contribution < -0.4 is 0 Å². The van der Waals surface area contributed by atoms with Crippen molar-refractivity contribution in [2.45, 2.75) is 17.7 Å². The van der Waals surface area contributed by atoms with Gasteiger partial charge >= 0.3 is 5.97 Å². The number of hydrogen-bond acceptors (Lipinski definition) is 3. The average Bonchev–Trinajstić information content (AvgIpc) is 2.39. The zero-order valence-electron chi connectivity index (χ0n) is 10.7. The fraction of sp³-hybridized carbons (Fsp3) is 0.308. The molecule has 1 fully saturated rings. The standard InChI is InChI=1S/C13H14ClNO4S/c1-9-4-6-15(7-5-9)20(18,19)10-2-3-12(14)11(8-10)13(16)17/h2-3,8H,1,4-7H2,(H,16,17). The molecule has 1 heterocycles. The van der Waals surface area contributed by atoms with Gasteiger partial charge in [-0.2, -0.15) is 4.31 Å². The SMILES string of the molecule is C=C1CCN(S(=O)(=O)c2ccc(Cl)c(C(=O)O)c2)CC1. The smallest absolute Gasteiger partial charge is 0.337 e. The van der Waals surface area contributed by atoms with Crippen LogP contribution in [0.3, 0.4) is 0 Å². The average molecular weight is 316 g/mol. The van der Waals surface area contributed by atoms with Crippen LogP contribution in [0.25, 0.3) is 0 Å². The summed E-state index contributed by atoms with van der Waals surface area (Å²) in [6, 6.07) is 3.72. The van der Waals surface area contributed by atoms with Crippen LogP contribution in [0.2, 0.25) is 5.02 Å². The third-order valence-corrected chi connectivity index (χ3v) is 5.46. The van der Waals surface area contributed by atoms with Crippen LogP contribution in [0.5, 0.6) is 0 Å². The Labute approximate surface area is 122 Å². The van der Waals surface area contributed by atoms with E-state index in [0.29, 0.717) is 25.9 Å². The Kier molecular flexibility index (Phi) is 4.17. The highest BCUT2D eigenvalue weighted by Gasteiger charge is 2.28. The Balaban J connectivity index is 2.37. The number of benzene rings is 1. The first-order valence-electron chi connectivity index (χ1n) is 6.02. The zero-order valence-corrected chi connectivity index (χ0v) is 12.2. The lowest BCUT2D eigenvalue weighted by Gasteiger charge is -2.27. The van der Waals surface area contributed by atoms with Crippen molar-refractivity contribution in [2.24, 2.45) is 0 Å². The third-order valence-electron chi connectivity index (χ3n) is 3.24. The van der Waals surface area contributed by atoms with Crippen molar-refractivity contribution in [1.29, 1.82) is 0 Å². The summed E-state index contributed by atoms with van der Waals surface area (Å²) >= 11 is 5.75. The fourth-order valence-electron chi connectivity index (χ4n) is 2.02. The van der Waals surface area contributed by atoms with Crippen molar-refractivity contribution >= 4 is 27.6 Å². The van der Waals surface area contributed by atoms with E-state index in [9.17, 15) is 13.2 Å². The first kappa shape index (κ1) is 15.0. The summed E-state index contributed by atoms with van der Waals surface area (Å²) in [5.41, 5.74) is 0.813. The number of carbonyl (C=O) groups is 1. The summed E-state index contributed by atoms with van der Waals surface area (Å²) in [6.45, 7) is 4.57. The van der Waals surface area contributed by atoms with E-state index in [1.165, 1.54) is 16.4 Å². The molecule has 5 nitrogen and oxygen atoms in total. The Bertz CT molecular complexity index is 659. The zero-order chi connectivity index (χ0) is 14.9. The van der Waals surface area contributed by atoms with Crippen LogP contribution >= 0.6 is 11.6 Å². The van der Waals surface area contributed by atoms with Crippen molar-refractivity contribution in [2.75, 3.05) is 13.1 Å². The number of nitrogens with zero attached hydrogens (tertiary/aromatic N) is 1. The van der Waals surface area contributed by atoms with Gasteiger partial charge < -0.3 is 5.11 Å². The molecule has 0 spiro atoms. The quantitative estimate of drug-likeness (QED) is 0.869. The van der Waals surface area contributed by atoms with Gasteiger partial charge in [0, 0.05) is 13.1 Å². The summed E-state index contributed by atoms with van der Waals surface area (Å²) in [5, 5.41) is 9.01. The van der Waals surface area contributed by atoms with Gasteiger partial charge in [-0.05, 0) is 31.0 Å². The van der Waals surface area contributed by atoms with Crippen LogP contribution in [0.4, 0.5) is 0 Å². The minimum atomic E-state index is -3.69. The first-order valence-corrected chi connectivity index (χ1v) is 7.84. The van der Waals surface area contributed by atoms with E-state index in [0.717, 1.165) is 11.6 Å². The van der Waals surface area contributed by atoms with Gasteiger partial charge in [-0.15, -0.1) is 0 Å². The minimum Gasteiger partial charge on any atom is -0.478 e. The molecule has 1 aromatic carbocycles. The number of piperidine rings is 1. The van der Waals surface area contributed by atoms with Gasteiger partial charge in [0.15, 0.2) is 0 Å². The predicted molar refractivity (Wildman–Crippen MR) is 75.5 cm³/mol. The molecule has 1 aliphatic heterocycles. The predicted octanol–water partition coefficient (Wildman–Crippen LogP) is 2.38.